The van der Waals surface area contributed by atoms with E-state index in [9.17, 15) is 13.2 Å². The van der Waals surface area contributed by atoms with Crippen LogP contribution in [0.2, 0.25) is 0 Å². The maximum absolute atomic E-state index is 13.0. The molecule has 1 fully saturated rings. The van der Waals surface area contributed by atoms with Gasteiger partial charge in [-0.15, -0.1) is 0 Å². The van der Waals surface area contributed by atoms with Crippen LogP contribution in [0.25, 0.3) is 0 Å². The SMILES string of the molecule is CNCC1CN(c2ccc(C#N)c(C(F)(F)F)c2)CCO1. The average Bonchev–Trinajstić information content (AvgIpc) is 2.46. The van der Waals surface area contributed by atoms with Gasteiger partial charge >= 0.3 is 6.18 Å². The van der Waals surface area contributed by atoms with Gasteiger partial charge < -0.3 is 15.0 Å². The summed E-state index contributed by atoms with van der Waals surface area (Å²) in [7, 11) is 1.80. The highest BCUT2D eigenvalue weighted by molar-refractivity contribution is 5.55. The summed E-state index contributed by atoms with van der Waals surface area (Å²) >= 11 is 0. The van der Waals surface area contributed by atoms with Crippen LogP contribution in [0.1, 0.15) is 11.1 Å². The molecule has 1 unspecified atom stereocenters. The molecule has 114 valence electrons. The zero-order valence-electron chi connectivity index (χ0n) is 11.6. The first-order valence-corrected chi connectivity index (χ1v) is 6.58. The van der Waals surface area contributed by atoms with Crippen molar-refractivity contribution in [1.29, 1.82) is 5.26 Å². The third-order valence-electron chi connectivity index (χ3n) is 3.36. The van der Waals surface area contributed by atoms with Crippen LogP contribution in [0.4, 0.5) is 18.9 Å². The Kier molecular flexibility index (Phi) is 4.70. The van der Waals surface area contributed by atoms with Crippen molar-refractivity contribution in [2.45, 2.75) is 12.3 Å². The van der Waals surface area contributed by atoms with E-state index in [1.165, 1.54) is 6.07 Å². The number of alkyl halides is 3. The molecule has 0 amide bonds. The highest BCUT2D eigenvalue weighted by atomic mass is 19.4. The maximum atomic E-state index is 13.0. The molecule has 1 aromatic rings. The van der Waals surface area contributed by atoms with Crippen LogP contribution < -0.4 is 10.2 Å². The van der Waals surface area contributed by atoms with Gasteiger partial charge in [0.15, 0.2) is 0 Å². The van der Waals surface area contributed by atoms with Gasteiger partial charge in [0, 0.05) is 25.3 Å². The van der Waals surface area contributed by atoms with Crippen molar-refractivity contribution in [3.05, 3.63) is 29.3 Å². The Morgan fingerprint density at radius 1 is 1.48 bits per heavy atom. The fourth-order valence-corrected chi connectivity index (χ4v) is 2.37. The van der Waals surface area contributed by atoms with Crippen LogP contribution in [0.5, 0.6) is 0 Å². The van der Waals surface area contributed by atoms with Gasteiger partial charge in [-0.25, -0.2) is 0 Å². The highest BCUT2D eigenvalue weighted by Crippen LogP contribution is 2.34. The number of nitriles is 1. The molecule has 21 heavy (non-hydrogen) atoms. The first-order chi connectivity index (χ1) is 9.95. The fourth-order valence-electron chi connectivity index (χ4n) is 2.37. The first-order valence-electron chi connectivity index (χ1n) is 6.58. The number of anilines is 1. The number of hydrogen-bond donors (Lipinski definition) is 1. The van der Waals surface area contributed by atoms with Crippen molar-refractivity contribution < 1.29 is 17.9 Å². The van der Waals surface area contributed by atoms with Gasteiger partial charge in [-0.05, 0) is 25.2 Å². The summed E-state index contributed by atoms with van der Waals surface area (Å²) in [6, 6.07) is 5.40. The molecule has 1 atom stereocenters. The second-order valence-corrected chi connectivity index (χ2v) is 4.84. The first kappa shape index (κ1) is 15.6. The van der Waals surface area contributed by atoms with Crippen molar-refractivity contribution in [1.82, 2.24) is 5.32 Å². The average molecular weight is 299 g/mol. The number of benzene rings is 1. The summed E-state index contributed by atoms with van der Waals surface area (Å²) in [4.78, 5) is 1.85. The predicted octanol–water partition coefficient (Wildman–Crippen LogP) is 2.00. The molecule has 1 heterocycles. The highest BCUT2D eigenvalue weighted by Gasteiger charge is 2.34. The molecule has 0 aromatic heterocycles. The molecule has 1 saturated heterocycles. The normalized spacial score (nSPS) is 19.4. The van der Waals surface area contributed by atoms with Crippen molar-refractivity contribution in [2.75, 3.05) is 38.2 Å². The Morgan fingerprint density at radius 2 is 2.24 bits per heavy atom. The number of halogens is 3. The zero-order chi connectivity index (χ0) is 15.5. The van der Waals surface area contributed by atoms with Gasteiger partial charge in [0.1, 0.15) is 0 Å². The topological polar surface area (TPSA) is 48.3 Å². The Labute approximate surface area is 121 Å². The van der Waals surface area contributed by atoms with Gasteiger partial charge in [0.2, 0.25) is 0 Å². The third-order valence-corrected chi connectivity index (χ3v) is 3.36. The Balaban J connectivity index is 2.26. The predicted molar refractivity (Wildman–Crippen MR) is 72.0 cm³/mol. The Hall–Kier alpha value is -1.78. The summed E-state index contributed by atoms with van der Waals surface area (Å²) < 4.78 is 44.5. The lowest BCUT2D eigenvalue weighted by Crippen LogP contribution is -2.46. The number of ether oxygens (including phenoxy) is 1. The smallest absolute Gasteiger partial charge is 0.373 e. The monoisotopic (exact) mass is 299 g/mol. The summed E-state index contributed by atoms with van der Waals surface area (Å²) in [5.41, 5.74) is -0.781. The molecular formula is C14H16F3N3O. The van der Waals surface area contributed by atoms with Crippen LogP contribution in [0, 0.1) is 11.3 Å². The van der Waals surface area contributed by atoms with E-state index in [0.717, 1.165) is 6.07 Å². The molecule has 7 heteroatoms. The lowest BCUT2D eigenvalue weighted by atomic mass is 10.1. The molecule has 1 aromatic carbocycles. The van der Waals surface area contributed by atoms with Crippen molar-refractivity contribution in [3.63, 3.8) is 0 Å². The van der Waals surface area contributed by atoms with Gasteiger partial charge in [0.25, 0.3) is 0 Å². The Morgan fingerprint density at radius 3 is 2.86 bits per heavy atom. The van der Waals surface area contributed by atoms with Gasteiger partial charge in [0.05, 0.1) is 29.9 Å². The Bertz CT molecular complexity index is 537. The van der Waals surface area contributed by atoms with E-state index in [1.807, 2.05) is 4.90 Å². The lowest BCUT2D eigenvalue weighted by Gasteiger charge is -2.34. The number of rotatable bonds is 3. The summed E-state index contributed by atoms with van der Waals surface area (Å²) in [5.74, 6) is 0. The van der Waals surface area contributed by atoms with Crippen molar-refractivity contribution in [3.8, 4) is 6.07 Å². The molecule has 0 saturated carbocycles. The standard InChI is InChI=1S/C14H16F3N3O/c1-19-8-12-9-20(4-5-21-12)11-3-2-10(7-18)13(6-11)14(15,16)17/h2-3,6,12,19H,4-5,8-9H2,1H3. The van der Waals surface area contributed by atoms with E-state index in [0.29, 0.717) is 31.9 Å². The summed E-state index contributed by atoms with van der Waals surface area (Å²) in [6.45, 7) is 2.15. The van der Waals surface area contributed by atoms with Gasteiger partial charge in [-0.2, -0.15) is 18.4 Å². The number of hydrogen-bond acceptors (Lipinski definition) is 4. The largest absolute Gasteiger partial charge is 0.417 e. The van der Waals surface area contributed by atoms with Crippen molar-refractivity contribution >= 4 is 5.69 Å². The van der Waals surface area contributed by atoms with E-state index >= 15 is 0 Å². The van der Waals surface area contributed by atoms with Crippen LogP contribution in [-0.4, -0.2) is 39.4 Å². The number of nitrogens with one attached hydrogen (secondary N) is 1. The van der Waals surface area contributed by atoms with Crippen LogP contribution >= 0.6 is 0 Å². The molecule has 1 N–H and O–H groups in total. The van der Waals surface area contributed by atoms with E-state index in [1.54, 1.807) is 19.2 Å². The molecule has 2 rings (SSSR count). The van der Waals surface area contributed by atoms with E-state index in [4.69, 9.17) is 10.00 Å². The third kappa shape index (κ3) is 3.65. The second kappa shape index (κ2) is 6.33. The van der Waals surface area contributed by atoms with Crippen molar-refractivity contribution in [2.24, 2.45) is 0 Å². The van der Waals surface area contributed by atoms with Gasteiger partial charge in [-0.1, -0.05) is 0 Å². The van der Waals surface area contributed by atoms with Crippen LogP contribution in [0.3, 0.4) is 0 Å². The minimum atomic E-state index is -4.53. The maximum Gasteiger partial charge on any atom is 0.417 e. The van der Waals surface area contributed by atoms with E-state index in [2.05, 4.69) is 5.32 Å². The molecule has 0 aliphatic carbocycles. The molecule has 4 nitrogen and oxygen atoms in total. The van der Waals surface area contributed by atoms with Crippen LogP contribution in [0.15, 0.2) is 18.2 Å². The molecule has 1 aliphatic heterocycles. The second-order valence-electron chi connectivity index (χ2n) is 4.84. The minimum absolute atomic E-state index is 0.0614. The molecule has 0 bridgehead atoms. The van der Waals surface area contributed by atoms with E-state index in [-0.39, 0.29) is 11.7 Å². The molecule has 1 aliphatic rings. The van der Waals surface area contributed by atoms with E-state index < -0.39 is 11.7 Å². The summed E-state index contributed by atoms with van der Waals surface area (Å²) in [5, 5.41) is 11.8. The molecule has 0 radical (unpaired) electrons. The number of morpholine rings is 1. The molecular weight excluding hydrogens is 283 g/mol. The number of nitrogens with zero attached hydrogens (tertiary/aromatic N) is 2. The lowest BCUT2D eigenvalue weighted by molar-refractivity contribution is -0.137. The van der Waals surface area contributed by atoms with Gasteiger partial charge in [-0.3, -0.25) is 0 Å². The quantitative estimate of drug-likeness (QED) is 0.927. The minimum Gasteiger partial charge on any atom is -0.373 e. The fraction of sp³-hybridized carbons (Fsp3) is 0.500. The van der Waals surface area contributed by atoms with Crippen LogP contribution in [-0.2, 0) is 10.9 Å². The molecule has 0 spiro atoms. The summed E-state index contributed by atoms with van der Waals surface area (Å²) in [6.07, 6.45) is -4.59. The zero-order valence-corrected chi connectivity index (χ0v) is 11.6. The number of likely N-dealkylation sites (N-methyl/N-ethyl adjacent to an activating group) is 1.